The third-order valence-corrected chi connectivity index (χ3v) is 8.58. The fourth-order valence-electron chi connectivity index (χ4n) is 6.45. The Labute approximate surface area is 265 Å². The van der Waals surface area contributed by atoms with E-state index in [9.17, 15) is 9.90 Å². The first-order valence-electron chi connectivity index (χ1n) is 16.0. The monoisotopic (exact) mass is 602 g/mol. The van der Waals surface area contributed by atoms with Gasteiger partial charge < -0.3 is 15.3 Å². The van der Waals surface area contributed by atoms with Gasteiger partial charge in [-0.1, -0.05) is 63.1 Å². The third kappa shape index (κ3) is 6.41. The molecule has 0 fully saturated rings. The van der Waals surface area contributed by atoms with Crippen LogP contribution >= 0.6 is 0 Å². The molecule has 6 rings (SSSR count). The molecule has 4 aromatic rings. The molecule has 0 atom stereocenters. The summed E-state index contributed by atoms with van der Waals surface area (Å²) >= 11 is 0. The Balaban J connectivity index is 1.34. The Kier molecular flexibility index (Phi) is 8.57. The van der Waals surface area contributed by atoms with Crippen LogP contribution < -0.4 is 5.32 Å². The van der Waals surface area contributed by atoms with Crippen molar-refractivity contribution < 1.29 is 9.90 Å². The number of hydrogen-bond acceptors (Lipinski definition) is 6. The van der Waals surface area contributed by atoms with Crippen molar-refractivity contribution in [3.63, 3.8) is 0 Å². The number of fused-ring (bicyclic) bond motifs is 3. The maximum absolute atomic E-state index is 11.6. The summed E-state index contributed by atoms with van der Waals surface area (Å²) in [6, 6.07) is 14.0. The van der Waals surface area contributed by atoms with Gasteiger partial charge in [0.15, 0.2) is 0 Å². The maximum atomic E-state index is 11.6. The molecule has 2 aromatic heterocycles. The predicted molar refractivity (Wildman–Crippen MR) is 181 cm³/mol. The number of carboxylic acid groups (broad SMARTS) is 1. The molecule has 0 saturated heterocycles. The number of aryl methyl sites for hydroxylation is 4. The summed E-state index contributed by atoms with van der Waals surface area (Å²) in [5.41, 5.74) is 12.1. The van der Waals surface area contributed by atoms with Gasteiger partial charge in [0.25, 0.3) is 0 Å². The van der Waals surface area contributed by atoms with E-state index in [1.165, 1.54) is 16.7 Å². The Bertz CT molecular complexity index is 1800. The first kappa shape index (κ1) is 30.3. The van der Waals surface area contributed by atoms with Crippen LogP contribution in [0.1, 0.15) is 73.3 Å². The lowest BCUT2D eigenvalue weighted by Gasteiger charge is -2.22. The van der Waals surface area contributed by atoms with Crippen molar-refractivity contribution in [2.45, 2.75) is 59.8 Å². The number of anilines is 2. The van der Waals surface area contributed by atoms with Crippen LogP contribution in [-0.2, 0) is 26.3 Å². The lowest BCUT2D eigenvalue weighted by Crippen LogP contribution is -2.23. The van der Waals surface area contributed by atoms with Gasteiger partial charge in [0.05, 0.1) is 22.6 Å². The van der Waals surface area contributed by atoms with E-state index in [-0.39, 0.29) is 5.56 Å². The summed E-state index contributed by atoms with van der Waals surface area (Å²) in [5.74, 6) is 0.164. The molecule has 0 radical (unpaired) electrons. The second kappa shape index (κ2) is 12.7. The molecule has 0 spiro atoms. The van der Waals surface area contributed by atoms with E-state index >= 15 is 0 Å². The van der Waals surface area contributed by atoms with Gasteiger partial charge in [0, 0.05) is 49.3 Å². The molecule has 8 heteroatoms. The SMILES string of the molecule is CCCc1cc(C(=O)O)ccc1Nc1ncc2c(n1)-c1c(nn(C)c1-c1ccc(C3=CN(CC(C)C)CCC(C)=C3)cc1)CC2. The smallest absolute Gasteiger partial charge is 0.335 e. The van der Waals surface area contributed by atoms with Gasteiger partial charge in [0.2, 0.25) is 5.95 Å². The summed E-state index contributed by atoms with van der Waals surface area (Å²) in [5, 5.41) is 17.8. The summed E-state index contributed by atoms with van der Waals surface area (Å²) in [6.45, 7) is 10.9. The fourth-order valence-corrected chi connectivity index (χ4v) is 6.45. The van der Waals surface area contributed by atoms with Gasteiger partial charge in [-0.05, 0) is 79.0 Å². The van der Waals surface area contributed by atoms with Crippen molar-refractivity contribution in [3.05, 3.63) is 94.5 Å². The molecule has 0 amide bonds. The van der Waals surface area contributed by atoms with E-state index in [2.05, 4.69) is 79.4 Å². The fraction of sp³-hybridized carbons (Fsp3) is 0.351. The first-order valence-corrected chi connectivity index (χ1v) is 16.0. The Morgan fingerprint density at radius 2 is 1.84 bits per heavy atom. The van der Waals surface area contributed by atoms with E-state index in [1.54, 1.807) is 12.1 Å². The number of allylic oxidation sites excluding steroid dienone is 2. The second-order valence-corrected chi connectivity index (χ2v) is 12.7. The van der Waals surface area contributed by atoms with E-state index in [1.807, 2.05) is 24.0 Å². The van der Waals surface area contributed by atoms with E-state index in [0.717, 1.165) is 90.2 Å². The molecule has 0 bridgehead atoms. The minimum atomic E-state index is -0.931. The molecule has 2 N–H and O–H groups in total. The predicted octanol–water partition coefficient (Wildman–Crippen LogP) is 7.69. The zero-order chi connectivity index (χ0) is 31.7. The van der Waals surface area contributed by atoms with Gasteiger partial charge in [-0.2, -0.15) is 5.10 Å². The number of aromatic carboxylic acids is 1. The van der Waals surface area contributed by atoms with Crippen LogP contribution in [-0.4, -0.2) is 48.8 Å². The molecule has 1 aliphatic carbocycles. The molecular weight excluding hydrogens is 560 g/mol. The van der Waals surface area contributed by atoms with Gasteiger partial charge in [-0.3, -0.25) is 4.68 Å². The van der Waals surface area contributed by atoms with Crippen molar-refractivity contribution in [2.24, 2.45) is 13.0 Å². The average Bonchev–Trinajstić information content (AvgIpc) is 3.25. The molecule has 2 aliphatic rings. The number of carbonyl (C=O) groups is 1. The Hall–Kier alpha value is -4.72. The van der Waals surface area contributed by atoms with Crippen LogP contribution in [0.2, 0.25) is 0 Å². The highest BCUT2D eigenvalue weighted by molar-refractivity contribution is 5.89. The lowest BCUT2D eigenvalue weighted by molar-refractivity contribution is 0.0696. The topological polar surface area (TPSA) is 96.2 Å². The van der Waals surface area contributed by atoms with Gasteiger partial charge in [-0.25, -0.2) is 14.8 Å². The summed E-state index contributed by atoms with van der Waals surface area (Å²) in [6.07, 6.45) is 11.0. The van der Waals surface area contributed by atoms with Crippen molar-refractivity contribution in [1.29, 1.82) is 0 Å². The standard InChI is InChI=1S/C37H42N6O2/c1-6-7-27-19-28(36(44)45)12-14-31(27)39-37-38-20-29-13-15-32-33(34(29)40-37)35(42(5)41-32)26-10-8-25(9-11-26)30-18-24(4)16-17-43(22-30)21-23(2)3/h8-12,14,18-20,22-23H,6-7,13,15-17,21H2,1-5H3,(H,44,45)(H,38,39,40). The zero-order valence-electron chi connectivity index (χ0n) is 26.9. The van der Waals surface area contributed by atoms with Crippen LogP contribution in [0.5, 0.6) is 0 Å². The molecule has 0 unspecified atom stereocenters. The minimum Gasteiger partial charge on any atom is -0.478 e. The summed E-state index contributed by atoms with van der Waals surface area (Å²) in [7, 11) is 2.01. The van der Waals surface area contributed by atoms with Crippen LogP contribution in [0.3, 0.4) is 0 Å². The largest absolute Gasteiger partial charge is 0.478 e. The molecule has 8 nitrogen and oxygen atoms in total. The highest BCUT2D eigenvalue weighted by Crippen LogP contribution is 2.40. The van der Waals surface area contributed by atoms with Gasteiger partial charge >= 0.3 is 5.97 Å². The van der Waals surface area contributed by atoms with E-state index in [4.69, 9.17) is 10.1 Å². The Morgan fingerprint density at radius 1 is 1.07 bits per heavy atom. The molecule has 232 valence electrons. The Morgan fingerprint density at radius 3 is 2.58 bits per heavy atom. The van der Waals surface area contributed by atoms with Gasteiger partial charge in [-0.15, -0.1) is 0 Å². The highest BCUT2D eigenvalue weighted by Gasteiger charge is 2.27. The molecule has 45 heavy (non-hydrogen) atoms. The molecule has 2 aromatic carbocycles. The van der Waals surface area contributed by atoms with Crippen molar-refractivity contribution >= 4 is 23.2 Å². The highest BCUT2D eigenvalue weighted by atomic mass is 16.4. The van der Waals surface area contributed by atoms with Crippen LogP contribution in [0.25, 0.3) is 28.1 Å². The van der Waals surface area contributed by atoms with Crippen molar-refractivity contribution in [2.75, 3.05) is 18.4 Å². The van der Waals surface area contributed by atoms with Crippen LogP contribution in [0.4, 0.5) is 11.6 Å². The number of hydrogen-bond donors (Lipinski definition) is 2. The quantitative estimate of drug-likeness (QED) is 0.203. The van der Waals surface area contributed by atoms with Crippen molar-refractivity contribution in [1.82, 2.24) is 24.6 Å². The number of rotatable bonds is 9. The maximum Gasteiger partial charge on any atom is 0.335 e. The summed E-state index contributed by atoms with van der Waals surface area (Å²) < 4.78 is 1.98. The average molecular weight is 603 g/mol. The van der Waals surface area contributed by atoms with Gasteiger partial charge in [0.1, 0.15) is 0 Å². The van der Waals surface area contributed by atoms with E-state index in [0.29, 0.717) is 11.9 Å². The van der Waals surface area contributed by atoms with Crippen molar-refractivity contribution in [3.8, 4) is 22.5 Å². The number of aromatic nitrogens is 4. The lowest BCUT2D eigenvalue weighted by atomic mass is 9.91. The zero-order valence-corrected chi connectivity index (χ0v) is 26.9. The summed E-state index contributed by atoms with van der Waals surface area (Å²) in [4.78, 5) is 23.7. The normalized spacial score (nSPS) is 14.4. The van der Waals surface area contributed by atoms with Crippen LogP contribution in [0, 0.1) is 5.92 Å². The minimum absolute atomic E-state index is 0.278. The molecule has 3 heterocycles. The molecule has 0 saturated carbocycles. The number of benzene rings is 2. The number of nitrogens with zero attached hydrogens (tertiary/aromatic N) is 5. The number of carboxylic acids is 1. The first-order chi connectivity index (χ1) is 21.7. The van der Waals surface area contributed by atoms with Crippen LogP contribution in [0.15, 0.2) is 66.5 Å². The second-order valence-electron chi connectivity index (χ2n) is 12.7. The number of nitrogens with one attached hydrogen (secondary N) is 1. The van der Waals surface area contributed by atoms with E-state index < -0.39 is 5.97 Å². The molecular formula is C37H42N6O2. The molecule has 1 aliphatic heterocycles. The third-order valence-electron chi connectivity index (χ3n) is 8.58.